The van der Waals surface area contributed by atoms with Gasteiger partial charge in [-0.1, -0.05) is 6.42 Å². The lowest BCUT2D eigenvalue weighted by atomic mass is 9.94. The first kappa shape index (κ1) is 8.72. The van der Waals surface area contributed by atoms with Gasteiger partial charge in [-0.2, -0.15) is 0 Å². The zero-order chi connectivity index (χ0) is 9.54. The molecule has 1 aliphatic carbocycles. The first-order valence-corrected chi connectivity index (χ1v) is 5.89. The van der Waals surface area contributed by atoms with E-state index in [-0.39, 0.29) is 5.91 Å². The van der Waals surface area contributed by atoms with Crippen LogP contribution in [0, 0.1) is 0 Å². The molecule has 3 rings (SSSR count). The summed E-state index contributed by atoms with van der Waals surface area (Å²) in [6.45, 7) is 0.895. The predicted octanol–water partition coefficient (Wildman–Crippen LogP) is 0.892. The summed E-state index contributed by atoms with van der Waals surface area (Å²) in [6, 6.07) is 2.02. The van der Waals surface area contributed by atoms with E-state index in [1.807, 2.05) is 0 Å². The largest absolute Gasteiger partial charge is 0.354 e. The van der Waals surface area contributed by atoms with Crippen LogP contribution in [-0.4, -0.2) is 35.5 Å². The van der Waals surface area contributed by atoms with E-state index in [0.717, 1.165) is 19.0 Å². The maximum Gasteiger partial charge on any atom is 0.221 e. The van der Waals surface area contributed by atoms with Crippen LogP contribution in [0.3, 0.4) is 0 Å². The molecular formula is C11H18N2O. The van der Waals surface area contributed by atoms with E-state index in [1.54, 1.807) is 0 Å². The van der Waals surface area contributed by atoms with Crippen molar-refractivity contribution in [2.75, 3.05) is 6.54 Å². The van der Waals surface area contributed by atoms with Crippen LogP contribution in [0.25, 0.3) is 0 Å². The summed E-state index contributed by atoms with van der Waals surface area (Å²) in [6.07, 6.45) is 7.30. The summed E-state index contributed by atoms with van der Waals surface area (Å²) in [4.78, 5) is 14.1. The SMILES string of the molecule is O=C1CC2CCCC(CN1)N2C1CC1. The quantitative estimate of drug-likeness (QED) is 0.672. The number of piperidine rings is 1. The zero-order valence-electron chi connectivity index (χ0n) is 8.54. The van der Waals surface area contributed by atoms with E-state index in [9.17, 15) is 4.79 Å². The number of carbonyl (C=O) groups is 1. The number of rotatable bonds is 1. The number of nitrogens with one attached hydrogen (secondary N) is 1. The molecule has 14 heavy (non-hydrogen) atoms. The molecule has 0 radical (unpaired) electrons. The Balaban J connectivity index is 1.82. The fourth-order valence-corrected chi connectivity index (χ4v) is 3.09. The van der Waals surface area contributed by atoms with Crippen molar-refractivity contribution in [2.45, 2.75) is 56.7 Å². The highest BCUT2D eigenvalue weighted by Crippen LogP contribution is 2.37. The normalized spacial score (nSPS) is 39.0. The number of amides is 1. The Hall–Kier alpha value is -0.570. The molecule has 78 valence electrons. The summed E-state index contributed by atoms with van der Waals surface area (Å²) >= 11 is 0. The summed E-state index contributed by atoms with van der Waals surface area (Å²) < 4.78 is 0. The van der Waals surface area contributed by atoms with E-state index in [2.05, 4.69) is 10.2 Å². The molecule has 1 N–H and O–H groups in total. The molecule has 0 aromatic carbocycles. The number of hydrogen-bond donors (Lipinski definition) is 1. The van der Waals surface area contributed by atoms with Crippen LogP contribution in [0.2, 0.25) is 0 Å². The number of fused-ring (bicyclic) bond motifs is 2. The van der Waals surface area contributed by atoms with Crippen molar-refractivity contribution >= 4 is 5.91 Å². The Kier molecular flexibility index (Phi) is 2.01. The summed E-state index contributed by atoms with van der Waals surface area (Å²) in [5.41, 5.74) is 0. The van der Waals surface area contributed by atoms with Crippen molar-refractivity contribution in [3.05, 3.63) is 0 Å². The smallest absolute Gasteiger partial charge is 0.221 e. The summed E-state index contributed by atoms with van der Waals surface area (Å²) in [5, 5.41) is 3.05. The molecule has 0 spiro atoms. The summed E-state index contributed by atoms with van der Waals surface area (Å²) in [5.74, 6) is 0.269. The van der Waals surface area contributed by atoms with Crippen molar-refractivity contribution in [1.29, 1.82) is 0 Å². The fraction of sp³-hybridized carbons (Fsp3) is 0.909. The maximum atomic E-state index is 11.5. The minimum atomic E-state index is 0.269. The second-order valence-electron chi connectivity index (χ2n) is 4.93. The van der Waals surface area contributed by atoms with Crippen molar-refractivity contribution in [2.24, 2.45) is 0 Å². The van der Waals surface area contributed by atoms with Gasteiger partial charge < -0.3 is 5.32 Å². The molecule has 2 atom stereocenters. The molecule has 2 unspecified atom stereocenters. The molecule has 2 bridgehead atoms. The highest BCUT2D eigenvalue weighted by Gasteiger charge is 2.42. The van der Waals surface area contributed by atoms with Gasteiger partial charge in [0.25, 0.3) is 0 Å². The van der Waals surface area contributed by atoms with Crippen LogP contribution < -0.4 is 5.32 Å². The van der Waals surface area contributed by atoms with Gasteiger partial charge in [-0.15, -0.1) is 0 Å². The van der Waals surface area contributed by atoms with Gasteiger partial charge in [0.2, 0.25) is 5.91 Å². The van der Waals surface area contributed by atoms with Crippen LogP contribution in [0.15, 0.2) is 0 Å². The van der Waals surface area contributed by atoms with Gasteiger partial charge in [-0.05, 0) is 25.7 Å². The van der Waals surface area contributed by atoms with E-state index in [4.69, 9.17) is 0 Å². The van der Waals surface area contributed by atoms with Gasteiger partial charge in [0, 0.05) is 31.1 Å². The van der Waals surface area contributed by atoms with Gasteiger partial charge in [0.1, 0.15) is 0 Å². The highest BCUT2D eigenvalue weighted by molar-refractivity contribution is 5.77. The molecule has 0 aromatic rings. The Morgan fingerprint density at radius 3 is 2.64 bits per heavy atom. The van der Waals surface area contributed by atoms with Crippen molar-refractivity contribution in [1.82, 2.24) is 10.2 Å². The van der Waals surface area contributed by atoms with E-state index >= 15 is 0 Å². The lowest BCUT2D eigenvalue weighted by Crippen LogP contribution is -2.48. The molecule has 3 nitrogen and oxygen atoms in total. The molecule has 3 aliphatic rings. The van der Waals surface area contributed by atoms with Crippen molar-refractivity contribution < 1.29 is 4.79 Å². The lowest BCUT2D eigenvalue weighted by Gasteiger charge is -2.40. The maximum absolute atomic E-state index is 11.5. The molecule has 1 saturated carbocycles. The van der Waals surface area contributed by atoms with Crippen LogP contribution in [0.4, 0.5) is 0 Å². The van der Waals surface area contributed by atoms with Gasteiger partial charge in [0.15, 0.2) is 0 Å². The fourth-order valence-electron chi connectivity index (χ4n) is 3.09. The molecular weight excluding hydrogens is 176 g/mol. The lowest BCUT2D eigenvalue weighted by molar-refractivity contribution is -0.121. The van der Waals surface area contributed by atoms with Crippen LogP contribution in [-0.2, 0) is 4.79 Å². The minimum absolute atomic E-state index is 0.269. The first-order valence-electron chi connectivity index (χ1n) is 5.89. The molecule has 2 heterocycles. The van der Waals surface area contributed by atoms with Crippen molar-refractivity contribution in [3.8, 4) is 0 Å². The molecule has 3 fully saturated rings. The summed E-state index contributed by atoms with van der Waals surface area (Å²) in [7, 11) is 0. The minimum Gasteiger partial charge on any atom is -0.354 e. The third-order valence-electron chi connectivity index (χ3n) is 3.84. The van der Waals surface area contributed by atoms with E-state index < -0.39 is 0 Å². The molecule has 3 heteroatoms. The third-order valence-corrected chi connectivity index (χ3v) is 3.84. The van der Waals surface area contributed by atoms with Crippen LogP contribution in [0.1, 0.15) is 38.5 Å². The standard InChI is InChI=1S/C11H18N2O/c14-11-6-9-2-1-3-10(7-12-11)13(9)8-4-5-8/h8-10H,1-7H2,(H,12,14). The second kappa shape index (κ2) is 3.23. The topological polar surface area (TPSA) is 32.3 Å². The highest BCUT2D eigenvalue weighted by atomic mass is 16.1. The Labute approximate surface area is 84.8 Å². The van der Waals surface area contributed by atoms with Gasteiger partial charge >= 0.3 is 0 Å². The Morgan fingerprint density at radius 1 is 1.07 bits per heavy atom. The van der Waals surface area contributed by atoms with E-state index in [1.165, 1.54) is 32.1 Å². The van der Waals surface area contributed by atoms with Gasteiger partial charge in [-0.3, -0.25) is 9.69 Å². The average Bonchev–Trinajstić information content (AvgIpc) is 2.96. The number of nitrogens with zero attached hydrogens (tertiary/aromatic N) is 1. The molecule has 0 aromatic heterocycles. The van der Waals surface area contributed by atoms with Crippen LogP contribution in [0.5, 0.6) is 0 Å². The number of carbonyl (C=O) groups excluding carboxylic acids is 1. The molecule has 1 amide bonds. The predicted molar refractivity (Wildman–Crippen MR) is 53.9 cm³/mol. The third kappa shape index (κ3) is 1.44. The van der Waals surface area contributed by atoms with E-state index in [0.29, 0.717) is 12.1 Å². The Bertz CT molecular complexity index is 250. The van der Waals surface area contributed by atoms with Gasteiger partial charge in [0.05, 0.1) is 0 Å². The zero-order valence-corrected chi connectivity index (χ0v) is 8.54. The van der Waals surface area contributed by atoms with Gasteiger partial charge in [-0.25, -0.2) is 0 Å². The van der Waals surface area contributed by atoms with Crippen LogP contribution >= 0.6 is 0 Å². The number of hydrogen-bond acceptors (Lipinski definition) is 2. The average molecular weight is 194 g/mol. The monoisotopic (exact) mass is 194 g/mol. The molecule has 2 aliphatic heterocycles. The molecule has 2 saturated heterocycles. The first-order chi connectivity index (χ1) is 6.84. The van der Waals surface area contributed by atoms with Crippen molar-refractivity contribution in [3.63, 3.8) is 0 Å². The Morgan fingerprint density at radius 2 is 1.86 bits per heavy atom. The second-order valence-corrected chi connectivity index (χ2v) is 4.93.